The molecule has 2 aliphatic rings. The summed E-state index contributed by atoms with van der Waals surface area (Å²) in [5.74, 6) is 1.64. The summed E-state index contributed by atoms with van der Waals surface area (Å²) in [6, 6.07) is 12.9. The second-order valence-corrected chi connectivity index (χ2v) is 9.16. The highest BCUT2D eigenvalue weighted by Gasteiger charge is 2.40. The summed E-state index contributed by atoms with van der Waals surface area (Å²) in [5, 5.41) is 3.68. The largest absolute Gasteiger partial charge is 0.492 e. The number of amides is 1. The molecule has 2 aromatic heterocycles. The quantitative estimate of drug-likeness (QED) is 0.592. The van der Waals surface area contributed by atoms with Crippen LogP contribution in [0.15, 0.2) is 42.6 Å². The lowest BCUT2D eigenvalue weighted by Gasteiger charge is -2.39. The van der Waals surface area contributed by atoms with E-state index >= 15 is 0 Å². The van der Waals surface area contributed by atoms with Crippen LogP contribution in [-0.4, -0.2) is 52.1 Å². The molecule has 1 N–H and O–H groups in total. The topological polar surface area (TPSA) is 76.6 Å². The molecular weight excluding hydrogens is 412 g/mol. The minimum absolute atomic E-state index is 0. The summed E-state index contributed by atoms with van der Waals surface area (Å²) in [6.07, 6.45) is 6.28. The van der Waals surface area contributed by atoms with Gasteiger partial charge in [-0.2, -0.15) is 0 Å². The Bertz CT molecular complexity index is 1010. The van der Waals surface area contributed by atoms with Crippen molar-refractivity contribution in [1.29, 1.82) is 0 Å². The smallest absolute Gasteiger partial charge is 0.281 e. The monoisotopic (exact) mass is 440 g/mol. The molecule has 5 rings (SSSR count). The van der Waals surface area contributed by atoms with E-state index in [0.717, 1.165) is 41.2 Å². The molecule has 1 unspecified atom stereocenters. The van der Waals surface area contributed by atoms with Crippen LogP contribution in [0.2, 0.25) is 0 Å². The van der Waals surface area contributed by atoms with Crippen molar-refractivity contribution < 1.29 is 15.7 Å². The van der Waals surface area contributed by atoms with E-state index in [-0.39, 0.29) is 7.33 Å². The van der Waals surface area contributed by atoms with Crippen molar-refractivity contribution in [3.63, 3.8) is 0 Å². The Morgan fingerprint density at radius 1 is 1.19 bits per heavy atom. The summed E-state index contributed by atoms with van der Waals surface area (Å²) >= 11 is 1.43. The molecule has 1 amide bonds. The lowest BCUT2D eigenvalue weighted by molar-refractivity contribution is -0.120. The Labute approximate surface area is 186 Å². The summed E-state index contributed by atoms with van der Waals surface area (Å²) in [4.78, 5) is 23.5. The molecule has 0 radical (unpaired) electrons. The number of ether oxygens (including phenoxy) is 2. The van der Waals surface area contributed by atoms with Crippen LogP contribution in [0.5, 0.6) is 16.7 Å². The zero-order chi connectivity index (χ0) is 21.2. The number of benzene rings is 1. The highest BCUT2D eigenvalue weighted by molar-refractivity contribution is 7.19. The van der Waals surface area contributed by atoms with Crippen molar-refractivity contribution in [2.24, 2.45) is 0 Å². The average molecular weight is 441 g/mol. The number of rotatable bonds is 7. The SMILES string of the molecule is CC(=O)NC1C[C@H]2CC[C@@H](C1)N2CCOc1ccc(Oc2nc3cccnc3s2)cc1.[HH]. The molecule has 4 heterocycles. The first-order chi connectivity index (χ1) is 15.1. The van der Waals surface area contributed by atoms with Crippen molar-refractivity contribution >= 4 is 27.6 Å². The summed E-state index contributed by atoms with van der Waals surface area (Å²) in [7, 11) is 0. The fourth-order valence-corrected chi connectivity index (χ4v) is 5.59. The number of carbonyl (C=O) groups is 1. The lowest BCUT2D eigenvalue weighted by atomic mass is 9.97. The van der Waals surface area contributed by atoms with Gasteiger partial charge >= 0.3 is 0 Å². The molecule has 164 valence electrons. The number of carbonyl (C=O) groups excluding carboxylic acids is 1. The number of aromatic nitrogens is 2. The van der Waals surface area contributed by atoms with Crippen molar-refractivity contribution in [2.45, 2.75) is 50.7 Å². The van der Waals surface area contributed by atoms with Gasteiger partial charge in [-0.3, -0.25) is 9.69 Å². The molecule has 0 saturated carbocycles. The number of pyridine rings is 1. The Balaban J connectivity index is 0.00000245. The van der Waals surface area contributed by atoms with Crippen LogP contribution in [0.3, 0.4) is 0 Å². The lowest BCUT2D eigenvalue weighted by Crippen LogP contribution is -2.51. The Kier molecular flexibility index (Phi) is 5.74. The zero-order valence-corrected chi connectivity index (χ0v) is 18.3. The third-order valence-corrected chi connectivity index (χ3v) is 6.94. The first-order valence-corrected chi connectivity index (χ1v) is 11.6. The maximum atomic E-state index is 11.4. The summed E-state index contributed by atoms with van der Waals surface area (Å²) in [6.45, 7) is 3.18. The molecule has 0 aliphatic carbocycles. The van der Waals surface area contributed by atoms with E-state index in [9.17, 15) is 4.79 Å². The normalized spacial score (nSPS) is 23.1. The predicted octanol–water partition coefficient (Wildman–Crippen LogP) is 4.24. The highest BCUT2D eigenvalue weighted by atomic mass is 32.1. The minimum Gasteiger partial charge on any atom is -0.492 e. The molecule has 0 spiro atoms. The Morgan fingerprint density at radius 2 is 1.94 bits per heavy atom. The standard InChI is InChI=1S/C23H26N4O3S.H2/c1-15(28)25-16-13-17-4-5-18(14-16)27(17)11-12-29-19-6-8-20(9-7-19)30-23-26-21-3-2-10-24-22(21)31-23;/h2-3,6-10,16-18H,4-5,11-14H2,1H3,(H,25,28);1H/t16?,17-,18+;. The first-order valence-electron chi connectivity index (χ1n) is 10.8. The van der Waals surface area contributed by atoms with E-state index < -0.39 is 0 Å². The molecule has 8 heteroatoms. The first kappa shape index (κ1) is 20.2. The van der Waals surface area contributed by atoms with Gasteiger partial charge < -0.3 is 14.8 Å². The van der Waals surface area contributed by atoms with Crippen LogP contribution in [0.25, 0.3) is 10.3 Å². The number of nitrogens with one attached hydrogen (secondary N) is 1. The van der Waals surface area contributed by atoms with Gasteiger partial charge in [0.1, 0.15) is 28.5 Å². The van der Waals surface area contributed by atoms with Crippen molar-refractivity contribution in [3.05, 3.63) is 42.6 Å². The van der Waals surface area contributed by atoms with E-state index in [1.165, 1.54) is 24.2 Å². The van der Waals surface area contributed by atoms with Gasteiger partial charge in [0.2, 0.25) is 5.91 Å². The minimum atomic E-state index is 0. The maximum Gasteiger partial charge on any atom is 0.281 e. The van der Waals surface area contributed by atoms with Gasteiger partial charge in [0.25, 0.3) is 5.19 Å². The number of thiazole rings is 1. The third-order valence-electron chi connectivity index (χ3n) is 6.09. The van der Waals surface area contributed by atoms with Crippen LogP contribution in [0, 0.1) is 0 Å². The molecule has 7 nitrogen and oxygen atoms in total. The van der Waals surface area contributed by atoms with Crippen LogP contribution in [0.4, 0.5) is 0 Å². The Hall–Kier alpha value is -2.71. The van der Waals surface area contributed by atoms with Crippen molar-refractivity contribution in [1.82, 2.24) is 20.2 Å². The molecule has 31 heavy (non-hydrogen) atoms. The van der Waals surface area contributed by atoms with E-state index in [1.54, 1.807) is 13.1 Å². The van der Waals surface area contributed by atoms with Gasteiger partial charge in [-0.1, -0.05) is 11.3 Å². The molecular formula is C23H28N4O3S. The van der Waals surface area contributed by atoms with Gasteiger partial charge in [0, 0.05) is 39.2 Å². The molecule has 2 fully saturated rings. The molecule has 3 aromatic rings. The van der Waals surface area contributed by atoms with E-state index in [1.807, 2.05) is 36.4 Å². The average Bonchev–Trinajstić information content (AvgIpc) is 3.26. The van der Waals surface area contributed by atoms with Crippen LogP contribution in [0.1, 0.15) is 34.0 Å². The summed E-state index contributed by atoms with van der Waals surface area (Å²) in [5.41, 5.74) is 0.845. The van der Waals surface area contributed by atoms with Gasteiger partial charge in [0.15, 0.2) is 0 Å². The molecule has 2 saturated heterocycles. The van der Waals surface area contributed by atoms with Crippen molar-refractivity contribution in [2.75, 3.05) is 13.2 Å². The number of hydrogen-bond donors (Lipinski definition) is 1. The van der Waals surface area contributed by atoms with Crippen LogP contribution in [-0.2, 0) is 4.79 Å². The van der Waals surface area contributed by atoms with Crippen molar-refractivity contribution in [3.8, 4) is 16.7 Å². The van der Waals surface area contributed by atoms with E-state index in [4.69, 9.17) is 9.47 Å². The second-order valence-electron chi connectivity index (χ2n) is 8.22. The maximum absolute atomic E-state index is 11.4. The van der Waals surface area contributed by atoms with Gasteiger partial charge in [-0.15, -0.1) is 0 Å². The van der Waals surface area contributed by atoms with Gasteiger partial charge in [-0.05, 0) is 62.1 Å². The van der Waals surface area contributed by atoms with E-state index in [2.05, 4.69) is 20.2 Å². The van der Waals surface area contributed by atoms with E-state index in [0.29, 0.717) is 29.9 Å². The summed E-state index contributed by atoms with van der Waals surface area (Å²) < 4.78 is 11.9. The third kappa shape index (κ3) is 4.65. The number of hydrogen-bond acceptors (Lipinski definition) is 7. The fraction of sp³-hybridized carbons (Fsp3) is 0.435. The molecule has 3 atom stereocenters. The van der Waals surface area contributed by atoms with Crippen LogP contribution < -0.4 is 14.8 Å². The van der Waals surface area contributed by atoms with Gasteiger partial charge in [0.05, 0.1) is 0 Å². The molecule has 2 aliphatic heterocycles. The number of nitrogens with zero attached hydrogens (tertiary/aromatic N) is 3. The predicted molar refractivity (Wildman–Crippen MR) is 122 cm³/mol. The molecule has 2 bridgehead atoms. The zero-order valence-electron chi connectivity index (χ0n) is 17.5. The fourth-order valence-electron chi connectivity index (χ4n) is 4.81. The van der Waals surface area contributed by atoms with Gasteiger partial charge in [-0.25, -0.2) is 9.97 Å². The highest BCUT2D eigenvalue weighted by Crippen LogP contribution is 2.35. The molecule has 1 aromatic carbocycles. The Morgan fingerprint density at radius 3 is 2.65 bits per heavy atom. The number of fused-ring (bicyclic) bond motifs is 3. The number of piperidine rings is 1. The second kappa shape index (κ2) is 8.80. The van der Waals surface area contributed by atoms with Crippen LogP contribution >= 0.6 is 11.3 Å².